The van der Waals surface area contributed by atoms with Crippen molar-refractivity contribution in [3.05, 3.63) is 60.2 Å². The van der Waals surface area contributed by atoms with Crippen molar-refractivity contribution >= 4 is 19.5 Å². The molecule has 0 aliphatic heterocycles. The number of hydrogen-bond donors (Lipinski definition) is 4. The van der Waals surface area contributed by atoms with Gasteiger partial charge in [0.15, 0.2) is 0 Å². The molecule has 2 rings (SSSR count). The number of nitrogens with two attached hydrogens (primary N) is 1. The lowest BCUT2D eigenvalue weighted by molar-refractivity contribution is -0.152. The average Bonchev–Trinajstić information content (AvgIpc) is 2.73. The number of carbonyl (C=O) groups is 2. The number of carboxylic acids is 1. The van der Waals surface area contributed by atoms with Gasteiger partial charge in [0.1, 0.15) is 12.3 Å². The second-order valence-corrected chi connectivity index (χ2v) is 9.18. The smallest absolute Gasteiger partial charge is 0.360 e. The normalized spacial score (nSPS) is 16.0. The predicted octanol–water partition coefficient (Wildman–Crippen LogP) is 3.11. The number of hydrogen-bond acceptors (Lipinski definition) is 7. The van der Waals surface area contributed by atoms with Gasteiger partial charge in [-0.05, 0) is 37.0 Å². The molecule has 31 heavy (non-hydrogen) atoms. The number of carboxylic acid groups (broad SMARTS) is 1. The van der Waals surface area contributed by atoms with E-state index in [-0.39, 0.29) is 6.42 Å². The summed E-state index contributed by atoms with van der Waals surface area (Å²) in [5.41, 5.74) is 8.24. The number of nitrogens with one attached hydrogen (secondary N) is 1. The molecule has 0 bridgehead atoms. The Balaban J connectivity index is 2.24. The maximum absolute atomic E-state index is 12.7. The first kappa shape index (κ1) is 24.7. The van der Waals surface area contributed by atoms with Gasteiger partial charge in [0.25, 0.3) is 0 Å². The summed E-state index contributed by atoms with van der Waals surface area (Å²) in [5.74, 6) is -2.87. The van der Waals surface area contributed by atoms with Crippen molar-refractivity contribution in [1.29, 1.82) is 0 Å². The molecular formula is C21H27N2O7P. The summed E-state index contributed by atoms with van der Waals surface area (Å²) in [6.45, 7) is 2.71. The van der Waals surface area contributed by atoms with Crippen molar-refractivity contribution in [1.82, 2.24) is 5.32 Å². The van der Waals surface area contributed by atoms with E-state index in [1.807, 2.05) is 54.6 Å². The Morgan fingerprint density at radius 1 is 1.06 bits per heavy atom. The molecule has 1 amide bonds. The van der Waals surface area contributed by atoms with Gasteiger partial charge >= 0.3 is 13.6 Å². The van der Waals surface area contributed by atoms with Crippen molar-refractivity contribution in [2.75, 3.05) is 6.16 Å². The Labute approximate surface area is 180 Å². The Kier molecular flexibility index (Phi) is 8.91. The van der Waals surface area contributed by atoms with Crippen LogP contribution in [0, 0.1) is 5.92 Å². The highest BCUT2D eigenvalue weighted by Gasteiger charge is 2.35. The van der Waals surface area contributed by atoms with Crippen LogP contribution in [0.5, 0.6) is 0 Å². The molecule has 0 heterocycles. The fraction of sp³-hybridized carbons (Fsp3) is 0.333. The lowest BCUT2D eigenvalue weighted by atomic mass is 9.97. The van der Waals surface area contributed by atoms with Crippen LogP contribution in [-0.4, -0.2) is 40.7 Å². The summed E-state index contributed by atoms with van der Waals surface area (Å²) >= 11 is 0. The van der Waals surface area contributed by atoms with E-state index in [0.717, 1.165) is 16.7 Å². The van der Waals surface area contributed by atoms with Crippen LogP contribution in [0.2, 0.25) is 0 Å². The minimum atomic E-state index is -4.11. The summed E-state index contributed by atoms with van der Waals surface area (Å²) in [5, 5.41) is 20.5. The maximum atomic E-state index is 12.7. The van der Waals surface area contributed by atoms with Crippen molar-refractivity contribution in [2.45, 2.75) is 32.5 Å². The van der Waals surface area contributed by atoms with Crippen molar-refractivity contribution < 1.29 is 33.7 Å². The number of aliphatic carboxylic acids is 1. The van der Waals surface area contributed by atoms with E-state index >= 15 is 0 Å². The van der Waals surface area contributed by atoms with Crippen LogP contribution in [0.1, 0.15) is 19.4 Å². The Hall–Kier alpha value is -2.55. The largest absolute Gasteiger partial charge is 0.480 e. The summed E-state index contributed by atoms with van der Waals surface area (Å²) in [7, 11) is -4.11. The predicted molar refractivity (Wildman–Crippen MR) is 115 cm³/mol. The number of rotatable bonds is 11. The van der Waals surface area contributed by atoms with Crippen LogP contribution >= 0.6 is 7.60 Å². The first-order valence-corrected chi connectivity index (χ1v) is 11.4. The number of benzene rings is 2. The third-order valence-electron chi connectivity index (χ3n) is 4.54. The second-order valence-electron chi connectivity index (χ2n) is 7.22. The highest BCUT2D eigenvalue weighted by atomic mass is 31.2. The first-order chi connectivity index (χ1) is 14.6. The standard InChI is InChI=1S/C21H27N2O7P/c1-14(21(25)26)23-20(24)19(13-31(28,30-27)29-15(2)22)12-16-8-10-18(11-9-16)17-6-4-3-5-7-17/h3-11,14-15,19,27H,12-13,22H2,1-2H3,(H,23,24)(H,25,26). The van der Waals surface area contributed by atoms with Gasteiger partial charge in [-0.1, -0.05) is 54.6 Å². The zero-order valence-electron chi connectivity index (χ0n) is 17.3. The zero-order valence-corrected chi connectivity index (χ0v) is 18.2. The Morgan fingerprint density at radius 3 is 2.16 bits per heavy atom. The molecule has 0 spiro atoms. The number of carbonyl (C=O) groups excluding carboxylic acids is 1. The van der Waals surface area contributed by atoms with Gasteiger partial charge in [0.2, 0.25) is 5.91 Å². The highest BCUT2D eigenvalue weighted by molar-refractivity contribution is 7.53. The lowest BCUT2D eigenvalue weighted by Gasteiger charge is -2.23. The third-order valence-corrected chi connectivity index (χ3v) is 6.33. The topological polar surface area (TPSA) is 148 Å². The van der Waals surface area contributed by atoms with Gasteiger partial charge in [-0.25, -0.2) is 5.26 Å². The van der Waals surface area contributed by atoms with Crippen LogP contribution in [0.4, 0.5) is 0 Å². The summed E-state index contributed by atoms with van der Waals surface area (Å²) in [4.78, 5) is 23.8. The van der Waals surface area contributed by atoms with Gasteiger partial charge in [0.05, 0.1) is 12.1 Å². The molecule has 0 aliphatic carbocycles. The summed E-state index contributed by atoms with van der Waals surface area (Å²) in [6.07, 6.45) is -1.38. The van der Waals surface area contributed by atoms with Gasteiger partial charge in [0, 0.05) is 0 Å². The molecule has 4 atom stereocenters. The van der Waals surface area contributed by atoms with E-state index < -0.39 is 43.8 Å². The maximum Gasteiger partial charge on any atom is 0.360 e. The zero-order chi connectivity index (χ0) is 23.0. The molecule has 0 saturated carbocycles. The molecule has 5 N–H and O–H groups in total. The minimum absolute atomic E-state index is 0.114. The first-order valence-electron chi connectivity index (χ1n) is 9.67. The molecule has 2 aromatic carbocycles. The van der Waals surface area contributed by atoms with Gasteiger partial charge in [-0.15, -0.1) is 0 Å². The quantitative estimate of drug-likeness (QED) is 0.177. The van der Waals surface area contributed by atoms with E-state index in [9.17, 15) is 14.2 Å². The van der Waals surface area contributed by atoms with Gasteiger partial charge < -0.3 is 16.2 Å². The van der Waals surface area contributed by atoms with E-state index in [4.69, 9.17) is 20.6 Å². The van der Waals surface area contributed by atoms with E-state index in [0.29, 0.717) is 0 Å². The summed E-state index contributed by atoms with van der Waals surface area (Å²) < 4.78 is 21.7. The Bertz CT molecular complexity index is 919. The highest BCUT2D eigenvalue weighted by Crippen LogP contribution is 2.49. The van der Waals surface area contributed by atoms with E-state index in [1.165, 1.54) is 13.8 Å². The van der Waals surface area contributed by atoms with Crippen LogP contribution in [0.25, 0.3) is 11.1 Å². The SMILES string of the molecule is CC(N)OP(=O)(CC(Cc1ccc(-c2ccccc2)cc1)C(=O)NC(C)C(=O)O)OO. The Morgan fingerprint density at radius 2 is 1.65 bits per heavy atom. The molecule has 0 fully saturated rings. The molecule has 168 valence electrons. The van der Waals surface area contributed by atoms with E-state index in [1.54, 1.807) is 0 Å². The number of amides is 1. The molecule has 4 unspecified atom stereocenters. The molecule has 0 saturated heterocycles. The molecule has 0 aliphatic rings. The molecule has 9 nitrogen and oxygen atoms in total. The van der Waals surface area contributed by atoms with Gasteiger partial charge in [-0.3, -0.25) is 18.7 Å². The fourth-order valence-electron chi connectivity index (χ4n) is 3.00. The molecule has 2 aromatic rings. The molecule has 0 radical (unpaired) electrons. The molecular weight excluding hydrogens is 423 g/mol. The fourth-order valence-corrected chi connectivity index (χ4v) is 4.53. The van der Waals surface area contributed by atoms with Gasteiger partial charge in [-0.2, -0.15) is 4.67 Å². The molecule has 0 aromatic heterocycles. The molecule has 10 heteroatoms. The summed E-state index contributed by atoms with van der Waals surface area (Å²) in [6, 6.07) is 16.0. The minimum Gasteiger partial charge on any atom is -0.480 e. The monoisotopic (exact) mass is 450 g/mol. The van der Waals surface area contributed by atoms with Crippen molar-refractivity contribution in [3.8, 4) is 11.1 Å². The van der Waals surface area contributed by atoms with Crippen LogP contribution in [0.3, 0.4) is 0 Å². The van der Waals surface area contributed by atoms with Crippen LogP contribution < -0.4 is 11.1 Å². The lowest BCUT2D eigenvalue weighted by Crippen LogP contribution is -2.43. The van der Waals surface area contributed by atoms with Crippen molar-refractivity contribution in [2.24, 2.45) is 11.7 Å². The van der Waals surface area contributed by atoms with Crippen LogP contribution in [-0.2, 0) is 29.8 Å². The third kappa shape index (κ3) is 7.57. The van der Waals surface area contributed by atoms with Crippen LogP contribution in [0.15, 0.2) is 54.6 Å². The van der Waals surface area contributed by atoms with E-state index in [2.05, 4.69) is 9.99 Å². The average molecular weight is 450 g/mol. The van der Waals surface area contributed by atoms with Crippen molar-refractivity contribution in [3.63, 3.8) is 0 Å². The second kappa shape index (κ2) is 11.2.